The lowest BCUT2D eigenvalue weighted by Crippen LogP contribution is -2.26. The number of carbonyl (C=O) groups excluding carboxylic acids is 1. The minimum atomic E-state index is 0.00647. The quantitative estimate of drug-likeness (QED) is 0.791. The molecule has 0 spiro atoms. The van der Waals surface area contributed by atoms with E-state index in [0.717, 1.165) is 12.0 Å². The van der Waals surface area contributed by atoms with Gasteiger partial charge in [0.05, 0.1) is 10.0 Å². The van der Waals surface area contributed by atoms with Gasteiger partial charge in [0.15, 0.2) is 0 Å². The molecule has 0 saturated heterocycles. The highest BCUT2D eigenvalue weighted by Gasteiger charge is 2.15. The number of hydrogen-bond donors (Lipinski definition) is 2. The first-order valence-corrected chi connectivity index (χ1v) is 6.72. The molecule has 1 rings (SSSR count). The maximum absolute atomic E-state index is 11.7. The number of hydrogen-bond acceptors (Lipinski definition) is 2. The van der Waals surface area contributed by atoms with Gasteiger partial charge in [0.1, 0.15) is 0 Å². The molecule has 0 saturated carbocycles. The molecule has 5 heteroatoms. The number of amides is 1. The van der Waals surface area contributed by atoms with Crippen LogP contribution >= 0.6 is 23.2 Å². The first kappa shape index (κ1) is 15.3. The van der Waals surface area contributed by atoms with Gasteiger partial charge in [-0.1, -0.05) is 42.3 Å². The van der Waals surface area contributed by atoms with Crippen molar-refractivity contribution in [3.05, 3.63) is 33.8 Å². The Morgan fingerprint density at radius 1 is 1.44 bits per heavy atom. The molecule has 0 aromatic heterocycles. The van der Waals surface area contributed by atoms with Crippen LogP contribution in [-0.4, -0.2) is 19.0 Å². The number of nitrogens with one attached hydrogen (secondary N) is 1. The maximum atomic E-state index is 11.7. The van der Waals surface area contributed by atoms with E-state index in [0.29, 0.717) is 29.6 Å². The zero-order chi connectivity index (χ0) is 13.5. The van der Waals surface area contributed by atoms with Crippen LogP contribution in [0.5, 0.6) is 0 Å². The van der Waals surface area contributed by atoms with Gasteiger partial charge in [-0.15, -0.1) is 0 Å². The van der Waals surface area contributed by atoms with E-state index in [1.807, 2.05) is 19.1 Å². The third-order valence-corrected chi connectivity index (χ3v) is 3.54. The lowest BCUT2D eigenvalue weighted by molar-refractivity contribution is -0.121. The lowest BCUT2D eigenvalue weighted by Gasteiger charge is -2.14. The molecular formula is C13H18Cl2N2O. The van der Waals surface area contributed by atoms with Gasteiger partial charge in [0, 0.05) is 13.0 Å². The third kappa shape index (κ3) is 4.48. The summed E-state index contributed by atoms with van der Waals surface area (Å²) in [4.78, 5) is 11.7. The van der Waals surface area contributed by atoms with Crippen molar-refractivity contribution in [3.63, 3.8) is 0 Å². The van der Waals surface area contributed by atoms with Crippen LogP contribution in [0.2, 0.25) is 10.0 Å². The predicted octanol–water partition coefficient (Wildman–Crippen LogP) is 2.95. The highest BCUT2D eigenvalue weighted by Crippen LogP contribution is 2.32. The van der Waals surface area contributed by atoms with Crippen LogP contribution in [0.25, 0.3) is 0 Å². The number of benzene rings is 1. The zero-order valence-electron chi connectivity index (χ0n) is 10.4. The zero-order valence-corrected chi connectivity index (χ0v) is 11.9. The molecule has 1 aromatic rings. The minimum Gasteiger partial charge on any atom is -0.356 e. The van der Waals surface area contributed by atoms with Gasteiger partial charge in [-0.25, -0.2) is 0 Å². The van der Waals surface area contributed by atoms with Crippen LogP contribution in [-0.2, 0) is 4.79 Å². The molecule has 1 aromatic carbocycles. The molecule has 0 aliphatic rings. The van der Waals surface area contributed by atoms with Gasteiger partial charge in [-0.2, -0.15) is 0 Å². The Hall–Kier alpha value is -0.770. The van der Waals surface area contributed by atoms with Crippen LogP contribution in [0.15, 0.2) is 18.2 Å². The van der Waals surface area contributed by atoms with E-state index < -0.39 is 0 Å². The fraction of sp³-hybridized carbons (Fsp3) is 0.462. The third-order valence-electron chi connectivity index (χ3n) is 2.71. The predicted molar refractivity (Wildman–Crippen MR) is 76.2 cm³/mol. The van der Waals surface area contributed by atoms with Crippen LogP contribution in [0.3, 0.4) is 0 Å². The van der Waals surface area contributed by atoms with E-state index in [1.165, 1.54) is 0 Å². The largest absolute Gasteiger partial charge is 0.356 e. The van der Waals surface area contributed by atoms with Crippen molar-refractivity contribution in [2.45, 2.75) is 25.7 Å². The number of halogens is 2. The van der Waals surface area contributed by atoms with Crippen molar-refractivity contribution in [1.82, 2.24) is 5.32 Å². The van der Waals surface area contributed by atoms with Gasteiger partial charge in [-0.05, 0) is 30.5 Å². The molecule has 0 fully saturated rings. The Labute approximate surface area is 118 Å². The van der Waals surface area contributed by atoms with Gasteiger partial charge in [-0.3, -0.25) is 4.79 Å². The average Bonchev–Trinajstić information content (AvgIpc) is 2.32. The molecule has 100 valence electrons. The molecule has 0 aliphatic carbocycles. The van der Waals surface area contributed by atoms with Gasteiger partial charge >= 0.3 is 0 Å². The Kier molecular flexibility index (Phi) is 6.47. The molecule has 1 unspecified atom stereocenters. The number of carbonyl (C=O) groups is 1. The summed E-state index contributed by atoms with van der Waals surface area (Å²) >= 11 is 12.1. The monoisotopic (exact) mass is 288 g/mol. The molecule has 1 amide bonds. The minimum absolute atomic E-state index is 0.00647. The Morgan fingerprint density at radius 3 is 2.83 bits per heavy atom. The first-order valence-electron chi connectivity index (χ1n) is 5.97. The topological polar surface area (TPSA) is 55.1 Å². The summed E-state index contributed by atoms with van der Waals surface area (Å²) in [5.41, 5.74) is 6.26. The summed E-state index contributed by atoms with van der Waals surface area (Å²) in [6.45, 7) is 3.15. The van der Waals surface area contributed by atoms with Crippen LogP contribution in [0.1, 0.15) is 31.2 Å². The van der Waals surface area contributed by atoms with Gasteiger partial charge in [0.25, 0.3) is 0 Å². The summed E-state index contributed by atoms with van der Waals surface area (Å²) in [6.07, 6.45) is 1.18. The Balaban J connectivity index is 2.57. The molecule has 3 N–H and O–H groups in total. The van der Waals surface area contributed by atoms with Crippen LogP contribution in [0, 0.1) is 0 Å². The smallest absolute Gasteiger partial charge is 0.220 e. The highest BCUT2D eigenvalue weighted by atomic mass is 35.5. The normalized spacial score (nSPS) is 12.2. The van der Waals surface area contributed by atoms with Crippen molar-refractivity contribution in [2.24, 2.45) is 5.73 Å². The van der Waals surface area contributed by atoms with Crippen molar-refractivity contribution >= 4 is 29.1 Å². The van der Waals surface area contributed by atoms with Crippen LogP contribution < -0.4 is 11.1 Å². The molecule has 0 radical (unpaired) electrons. The van der Waals surface area contributed by atoms with Crippen molar-refractivity contribution in [1.29, 1.82) is 0 Å². The standard InChI is InChI=1S/C13H18Cl2N2O/c1-9(8-12(18)17-7-3-6-16)10-4-2-5-11(14)13(10)15/h2,4-5,9H,3,6-8,16H2,1H3,(H,17,18). The van der Waals surface area contributed by atoms with Gasteiger partial charge in [0.2, 0.25) is 5.91 Å². The van der Waals surface area contributed by atoms with E-state index >= 15 is 0 Å². The van der Waals surface area contributed by atoms with Crippen molar-refractivity contribution in [2.75, 3.05) is 13.1 Å². The molecule has 3 nitrogen and oxygen atoms in total. The SMILES string of the molecule is CC(CC(=O)NCCCN)c1cccc(Cl)c1Cl. The second kappa shape index (κ2) is 7.62. The summed E-state index contributed by atoms with van der Waals surface area (Å²) in [5, 5.41) is 3.87. The van der Waals surface area contributed by atoms with Gasteiger partial charge < -0.3 is 11.1 Å². The van der Waals surface area contributed by atoms with Crippen LogP contribution in [0.4, 0.5) is 0 Å². The lowest BCUT2D eigenvalue weighted by atomic mass is 9.97. The maximum Gasteiger partial charge on any atom is 0.220 e. The van der Waals surface area contributed by atoms with E-state index in [4.69, 9.17) is 28.9 Å². The number of nitrogens with two attached hydrogens (primary N) is 1. The highest BCUT2D eigenvalue weighted by molar-refractivity contribution is 6.42. The van der Waals surface area contributed by atoms with E-state index in [1.54, 1.807) is 6.07 Å². The second-order valence-electron chi connectivity index (χ2n) is 4.24. The Bertz CT molecular complexity index is 410. The fourth-order valence-corrected chi connectivity index (χ4v) is 2.19. The molecule has 18 heavy (non-hydrogen) atoms. The summed E-state index contributed by atoms with van der Waals surface area (Å²) < 4.78 is 0. The average molecular weight is 289 g/mol. The van der Waals surface area contributed by atoms with E-state index in [-0.39, 0.29) is 11.8 Å². The Morgan fingerprint density at radius 2 is 2.17 bits per heavy atom. The summed E-state index contributed by atoms with van der Waals surface area (Å²) in [5.74, 6) is 0.0427. The molecule has 0 bridgehead atoms. The van der Waals surface area contributed by atoms with E-state index in [2.05, 4.69) is 5.32 Å². The molecule has 0 heterocycles. The first-order chi connectivity index (χ1) is 8.56. The molecular weight excluding hydrogens is 271 g/mol. The molecule has 1 atom stereocenters. The summed E-state index contributed by atoms with van der Waals surface area (Å²) in [6, 6.07) is 5.47. The fourth-order valence-electron chi connectivity index (χ4n) is 1.69. The second-order valence-corrected chi connectivity index (χ2v) is 5.03. The summed E-state index contributed by atoms with van der Waals surface area (Å²) in [7, 11) is 0. The van der Waals surface area contributed by atoms with E-state index in [9.17, 15) is 4.79 Å². The number of rotatable bonds is 6. The van der Waals surface area contributed by atoms with Crippen molar-refractivity contribution in [3.8, 4) is 0 Å². The van der Waals surface area contributed by atoms with Crippen molar-refractivity contribution < 1.29 is 4.79 Å². The molecule has 0 aliphatic heterocycles.